The molecule has 1 unspecified atom stereocenters. The van der Waals surface area contributed by atoms with Crippen LogP contribution in [0.15, 0.2) is 30.3 Å². The number of benzene rings is 1. The Morgan fingerprint density at radius 1 is 1.20 bits per heavy atom. The van der Waals surface area contributed by atoms with Gasteiger partial charge in [-0.05, 0) is 25.0 Å². The van der Waals surface area contributed by atoms with Gasteiger partial charge in [0.15, 0.2) is 0 Å². The van der Waals surface area contributed by atoms with E-state index in [0.29, 0.717) is 5.92 Å². The first-order chi connectivity index (χ1) is 9.65. The van der Waals surface area contributed by atoms with E-state index in [1.54, 1.807) is 0 Å². The number of pyridine rings is 1. The lowest BCUT2D eigenvalue weighted by Crippen LogP contribution is -2.23. The number of anilines is 1. The molecule has 1 aromatic carbocycles. The molecule has 20 heavy (non-hydrogen) atoms. The van der Waals surface area contributed by atoms with Crippen LogP contribution in [0.5, 0.6) is 0 Å². The zero-order valence-corrected chi connectivity index (χ0v) is 13.2. The van der Waals surface area contributed by atoms with E-state index in [1.807, 2.05) is 25.1 Å². The molecule has 2 rings (SSSR count). The van der Waals surface area contributed by atoms with Crippen LogP contribution >= 0.6 is 11.6 Å². The number of aromatic nitrogens is 1. The van der Waals surface area contributed by atoms with Crippen molar-refractivity contribution in [2.24, 2.45) is 5.92 Å². The third-order valence-electron chi connectivity index (χ3n) is 3.89. The number of alkyl halides is 1. The number of aryl methyl sites for hydroxylation is 1. The van der Waals surface area contributed by atoms with Gasteiger partial charge in [-0.2, -0.15) is 0 Å². The van der Waals surface area contributed by atoms with Gasteiger partial charge in [-0.1, -0.05) is 44.9 Å². The number of halogens is 1. The average Bonchev–Trinajstić information content (AvgIpc) is 2.45. The highest BCUT2D eigenvalue weighted by molar-refractivity contribution is 6.21. The molecule has 0 fully saturated rings. The molecule has 0 spiro atoms. The minimum Gasteiger partial charge on any atom is -0.383 e. The first-order valence-electron chi connectivity index (χ1n) is 7.40. The molecule has 0 saturated heterocycles. The molecule has 1 atom stereocenters. The maximum absolute atomic E-state index is 6.51. The fraction of sp³-hybridized carbons (Fsp3) is 0.471. The molecule has 1 aromatic heterocycles. The second-order valence-corrected chi connectivity index (χ2v) is 5.86. The zero-order valence-electron chi connectivity index (χ0n) is 12.5. The van der Waals surface area contributed by atoms with Crippen LogP contribution in [-0.4, -0.2) is 16.9 Å². The lowest BCUT2D eigenvalue weighted by atomic mass is 9.99. The number of rotatable bonds is 6. The molecule has 0 aliphatic heterocycles. The Hall–Kier alpha value is -1.28. The van der Waals surface area contributed by atoms with Crippen LogP contribution in [-0.2, 0) is 0 Å². The van der Waals surface area contributed by atoms with E-state index in [0.717, 1.165) is 41.7 Å². The molecule has 3 heteroatoms. The van der Waals surface area contributed by atoms with E-state index in [2.05, 4.69) is 36.3 Å². The zero-order chi connectivity index (χ0) is 14.5. The van der Waals surface area contributed by atoms with Crippen LogP contribution in [0.1, 0.15) is 32.4 Å². The minimum absolute atomic E-state index is 0.164. The maximum atomic E-state index is 6.51. The number of para-hydroxylation sites is 1. The van der Waals surface area contributed by atoms with Gasteiger partial charge in [-0.3, -0.25) is 4.98 Å². The van der Waals surface area contributed by atoms with E-state index in [4.69, 9.17) is 11.6 Å². The molecule has 1 N–H and O–H groups in total. The van der Waals surface area contributed by atoms with Crippen molar-refractivity contribution < 1.29 is 0 Å². The lowest BCUT2D eigenvalue weighted by Gasteiger charge is -2.20. The highest BCUT2D eigenvalue weighted by Gasteiger charge is 2.15. The van der Waals surface area contributed by atoms with Gasteiger partial charge in [0.1, 0.15) is 0 Å². The van der Waals surface area contributed by atoms with Crippen molar-refractivity contribution in [2.45, 2.75) is 39.0 Å². The van der Waals surface area contributed by atoms with E-state index in [-0.39, 0.29) is 5.38 Å². The second-order valence-electron chi connectivity index (χ2n) is 5.30. The fourth-order valence-corrected chi connectivity index (χ4v) is 3.06. The van der Waals surface area contributed by atoms with Crippen molar-refractivity contribution in [3.63, 3.8) is 0 Å². The molecule has 1 heterocycles. The normalized spacial score (nSPS) is 12.8. The highest BCUT2D eigenvalue weighted by atomic mass is 35.5. The number of hydrogen-bond acceptors (Lipinski definition) is 2. The Balaban J connectivity index is 2.17. The Labute approximate surface area is 126 Å². The SMILES string of the molecule is CCC(CC)C(Cl)CNc1cc(C)nc2ccccc12. The summed E-state index contributed by atoms with van der Waals surface area (Å²) in [4.78, 5) is 4.56. The Kier molecular flexibility index (Phi) is 5.24. The van der Waals surface area contributed by atoms with Gasteiger partial charge in [0.2, 0.25) is 0 Å². The number of nitrogens with zero attached hydrogens (tertiary/aromatic N) is 1. The molecule has 2 nitrogen and oxygen atoms in total. The maximum Gasteiger partial charge on any atom is 0.0725 e. The van der Waals surface area contributed by atoms with Crippen molar-refractivity contribution in [2.75, 3.05) is 11.9 Å². The summed E-state index contributed by atoms with van der Waals surface area (Å²) < 4.78 is 0. The molecular weight excluding hydrogens is 268 g/mol. The topological polar surface area (TPSA) is 24.9 Å². The van der Waals surface area contributed by atoms with Crippen molar-refractivity contribution >= 4 is 28.2 Å². The van der Waals surface area contributed by atoms with Gasteiger partial charge in [0.25, 0.3) is 0 Å². The summed E-state index contributed by atoms with van der Waals surface area (Å²) in [5.41, 5.74) is 3.19. The molecule has 0 amide bonds. The first kappa shape index (κ1) is 15.1. The van der Waals surface area contributed by atoms with Crippen LogP contribution in [0.2, 0.25) is 0 Å². The fourth-order valence-electron chi connectivity index (χ4n) is 2.63. The van der Waals surface area contributed by atoms with Crippen molar-refractivity contribution in [3.8, 4) is 0 Å². The van der Waals surface area contributed by atoms with Gasteiger partial charge in [0.05, 0.1) is 10.9 Å². The monoisotopic (exact) mass is 290 g/mol. The molecule has 0 saturated carbocycles. The van der Waals surface area contributed by atoms with Crippen LogP contribution in [0.25, 0.3) is 10.9 Å². The molecule has 108 valence electrons. The number of hydrogen-bond donors (Lipinski definition) is 1. The summed E-state index contributed by atoms with van der Waals surface area (Å²) in [6, 6.07) is 10.3. The van der Waals surface area contributed by atoms with E-state index >= 15 is 0 Å². The summed E-state index contributed by atoms with van der Waals surface area (Å²) in [5, 5.41) is 4.83. The van der Waals surface area contributed by atoms with E-state index in [9.17, 15) is 0 Å². The largest absolute Gasteiger partial charge is 0.383 e. The molecule has 0 aliphatic carbocycles. The molecule has 0 radical (unpaired) electrons. The molecule has 2 aromatic rings. The highest BCUT2D eigenvalue weighted by Crippen LogP contribution is 2.24. The summed E-state index contributed by atoms with van der Waals surface area (Å²) in [6.45, 7) is 7.23. The summed E-state index contributed by atoms with van der Waals surface area (Å²) >= 11 is 6.51. The van der Waals surface area contributed by atoms with Gasteiger partial charge in [0, 0.05) is 23.3 Å². The van der Waals surface area contributed by atoms with Gasteiger partial charge >= 0.3 is 0 Å². The number of fused-ring (bicyclic) bond motifs is 1. The van der Waals surface area contributed by atoms with Crippen LogP contribution in [0, 0.1) is 12.8 Å². The van der Waals surface area contributed by atoms with Crippen LogP contribution in [0.3, 0.4) is 0 Å². The third-order valence-corrected chi connectivity index (χ3v) is 4.40. The van der Waals surface area contributed by atoms with Crippen LogP contribution < -0.4 is 5.32 Å². The summed E-state index contributed by atoms with van der Waals surface area (Å²) in [6.07, 6.45) is 2.25. The Morgan fingerprint density at radius 2 is 1.90 bits per heavy atom. The standard InChI is InChI=1S/C17H23ClN2/c1-4-13(5-2)15(18)11-19-17-10-12(3)20-16-9-7-6-8-14(16)17/h6-10,13,15H,4-5,11H2,1-3H3,(H,19,20). The van der Waals surface area contributed by atoms with Crippen LogP contribution in [0.4, 0.5) is 5.69 Å². The molecule has 0 bridgehead atoms. The van der Waals surface area contributed by atoms with E-state index in [1.165, 1.54) is 0 Å². The first-order valence-corrected chi connectivity index (χ1v) is 7.83. The minimum atomic E-state index is 0.164. The summed E-state index contributed by atoms with van der Waals surface area (Å²) in [5.74, 6) is 0.568. The smallest absolute Gasteiger partial charge is 0.0725 e. The molecular formula is C17H23ClN2. The predicted octanol–water partition coefficient (Wildman–Crippen LogP) is 5.00. The van der Waals surface area contributed by atoms with Gasteiger partial charge in [-0.15, -0.1) is 11.6 Å². The molecule has 0 aliphatic rings. The predicted molar refractivity (Wildman–Crippen MR) is 88.7 cm³/mol. The quantitative estimate of drug-likeness (QED) is 0.757. The number of nitrogens with one attached hydrogen (secondary N) is 1. The van der Waals surface area contributed by atoms with Crippen molar-refractivity contribution in [1.82, 2.24) is 4.98 Å². The third kappa shape index (κ3) is 3.43. The lowest BCUT2D eigenvalue weighted by molar-refractivity contribution is 0.475. The second kappa shape index (κ2) is 6.94. The van der Waals surface area contributed by atoms with E-state index < -0.39 is 0 Å². The summed E-state index contributed by atoms with van der Waals surface area (Å²) in [7, 11) is 0. The van der Waals surface area contributed by atoms with Gasteiger partial charge < -0.3 is 5.32 Å². The van der Waals surface area contributed by atoms with Crippen molar-refractivity contribution in [1.29, 1.82) is 0 Å². The van der Waals surface area contributed by atoms with Crippen molar-refractivity contribution in [3.05, 3.63) is 36.0 Å². The Morgan fingerprint density at radius 3 is 2.60 bits per heavy atom. The van der Waals surface area contributed by atoms with Gasteiger partial charge in [-0.25, -0.2) is 0 Å². The average molecular weight is 291 g/mol. The Bertz CT molecular complexity index is 564.